The minimum absolute atomic E-state index is 0.00523. The molecule has 1 aromatic carbocycles. The third kappa shape index (κ3) is 2.02. The van der Waals surface area contributed by atoms with Gasteiger partial charge in [0.2, 0.25) is 12.3 Å². The van der Waals surface area contributed by atoms with Gasteiger partial charge in [0.05, 0.1) is 10.6 Å². The average molecular weight is 218 g/mol. The van der Waals surface area contributed by atoms with Gasteiger partial charge >= 0.3 is 0 Å². The highest BCUT2D eigenvalue weighted by Gasteiger charge is 2.16. The summed E-state index contributed by atoms with van der Waals surface area (Å²) in [5.74, 6) is -0.694. The molecule has 0 aliphatic rings. The van der Waals surface area contributed by atoms with Gasteiger partial charge in [-0.1, -0.05) is 23.7 Å². The predicted molar refractivity (Wildman–Crippen MR) is 50.8 cm³/mol. The van der Waals surface area contributed by atoms with Gasteiger partial charge in [-0.15, -0.1) is 0 Å². The van der Waals surface area contributed by atoms with Gasteiger partial charge < -0.3 is 10.5 Å². The molecule has 0 bridgehead atoms. The summed E-state index contributed by atoms with van der Waals surface area (Å²) in [6, 6.07) is 4.35. The number of rotatable bonds is 3. The van der Waals surface area contributed by atoms with Crippen molar-refractivity contribution >= 4 is 17.5 Å². The van der Waals surface area contributed by atoms with Gasteiger partial charge in [-0.2, -0.15) is 0 Å². The highest BCUT2D eigenvalue weighted by Crippen LogP contribution is 2.28. The van der Waals surface area contributed by atoms with Crippen LogP contribution < -0.4 is 5.73 Å². The van der Waals surface area contributed by atoms with E-state index in [1.165, 1.54) is 25.3 Å². The lowest BCUT2D eigenvalue weighted by molar-refractivity contribution is -0.00654. The number of amides is 1. The van der Waals surface area contributed by atoms with E-state index in [0.29, 0.717) is 0 Å². The molecule has 14 heavy (non-hydrogen) atoms. The highest BCUT2D eigenvalue weighted by molar-refractivity contribution is 6.34. The second kappa shape index (κ2) is 4.39. The van der Waals surface area contributed by atoms with Crippen LogP contribution in [0.4, 0.5) is 4.39 Å². The molecule has 3 nitrogen and oxygen atoms in total. The summed E-state index contributed by atoms with van der Waals surface area (Å²) in [7, 11) is 1.21. The maximum atomic E-state index is 13.1. The molecular formula is C9H9ClFNO2. The number of carbonyl (C=O) groups is 1. The Kier molecular flexibility index (Phi) is 3.43. The largest absolute Gasteiger partial charge is 0.366 e. The first-order valence-corrected chi connectivity index (χ1v) is 4.20. The summed E-state index contributed by atoms with van der Waals surface area (Å²) in [5.41, 5.74) is 5.23. The molecular weight excluding hydrogens is 209 g/mol. The Bertz CT molecular complexity index is 357. The monoisotopic (exact) mass is 217 g/mol. The van der Waals surface area contributed by atoms with Gasteiger partial charge in [-0.3, -0.25) is 4.79 Å². The van der Waals surface area contributed by atoms with Crippen molar-refractivity contribution in [3.63, 3.8) is 0 Å². The van der Waals surface area contributed by atoms with Crippen LogP contribution in [-0.2, 0) is 4.74 Å². The quantitative estimate of drug-likeness (QED) is 0.843. The molecule has 0 radical (unpaired) electrons. The van der Waals surface area contributed by atoms with E-state index < -0.39 is 12.3 Å². The number of hydrogen-bond acceptors (Lipinski definition) is 2. The summed E-state index contributed by atoms with van der Waals surface area (Å²) >= 11 is 5.76. The van der Waals surface area contributed by atoms with Gasteiger partial charge in [0.25, 0.3) is 0 Å². The van der Waals surface area contributed by atoms with Crippen molar-refractivity contribution in [2.45, 2.75) is 6.36 Å². The maximum absolute atomic E-state index is 13.1. The van der Waals surface area contributed by atoms with Crippen molar-refractivity contribution in [3.8, 4) is 0 Å². The standard InChI is InChI=1S/C9H9ClFNO2/c1-14-8(11)5-3-2-4-6(7(5)10)9(12)13/h2-4,8H,1H3,(H2,12,13). The van der Waals surface area contributed by atoms with Crippen LogP contribution in [0, 0.1) is 0 Å². The van der Waals surface area contributed by atoms with Gasteiger partial charge in [0, 0.05) is 12.7 Å². The molecule has 0 saturated carbocycles. The van der Waals surface area contributed by atoms with Crippen molar-refractivity contribution in [3.05, 3.63) is 34.3 Å². The minimum atomic E-state index is -1.65. The molecule has 76 valence electrons. The average Bonchev–Trinajstić information content (AvgIpc) is 2.16. The first-order chi connectivity index (χ1) is 6.57. The number of halogens is 2. The minimum Gasteiger partial charge on any atom is -0.366 e. The lowest BCUT2D eigenvalue weighted by Crippen LogP contribution is -2.12. The number of methoxy groups -OCH3 is 1. The first kappa shape index (κ1) is 10.9. The Labute approximate surface area is 85.6 Å². The molecule has 0 spiro atoms. The predicted octanol–water partition coefficient (Wildman–Crippen LogP) is 2.05. The molecule has 0 saturated heterocycles. The molecule has 1 unspecified atom stereocenters. The number of carbonyl (C=O) groups excluding carboxylic acids is 1. The summed E-state index contributed by atoms with van der Waals surface area (Å²) in [5, 5.41) is -0.00523. The highest BCUT2D eigenvalue weighted by atomic mass is 35.5. The third-order valence-electron chi connectivity index (χ3n) is 1.75. The zero-order valence-corrected chi connectivity index (χ0v) is 8.22. The Morgan fingerprint density at radius 1 is 1.64 bits per heavy atom. The third-order valence-corrected chi connectivity index (χ3v) is 2.17. The van der Waals surface area contributed by atoms with Crippen LogP contribution in [0.3, 0.4) is 0 Å². The van der Waals surface area contributed by atoms with Crippen molar-refractivity contribution in [1.29, 1.82) is 0 Å². The second-order valence-electron chi connectivity index (χ2n) is 2.62. The van der Waals surface area contributed by atoms with Crippen LogP contribution in [0.15, 0.2) is 18.2 Å². The Morgan fingerprint density at radius 2 is 2.29 bits per heavy atom. The maximum Gasteiger partial charge on any atom is 0.250 e. The number of alkyl halides is 1. The lowest BCUT2D eigenvalue weighted by Gasteiger charge is -2.09. The van der Waals surface area contributed by atoms with Crippen LogP contribution in [0.1, 0.15) is 22.3 Å². The molecule has 0 aliphatic carbocycles. The van der Waals surface area contributed by atoms with Crippen LogP contribution in [0.25, 0.3) is 0 Å². The number of benzene rings is 1. The van der Waals surface area contributed by atoms with Crippen molar-refractivity contribution in [1.82, 2.24) is 0 Å². The van der Waals surface area contributed by atoms with Crippen molar-refractivity contribution < 1.29 is 13.9 Å². The van der Waals surface area contributed by atoms with E-state index in [4.69, 9.17) is 17.3 Å². The fourth-order valence-electron chi connectivity index (χ4n) is 1.04. The Morgan fingerprint density at radius 3 is 2.79 bits per heavy atom. The number of nitrogens with two attached hydrogens (primary N) is 1. The summed E-state index contributed by atoms with van der Waals surface area (Å²) < 4.78 is 17.6. The van der Waals surface area contributed by atoms with Crippen LogP contribution in [0.2, 0.25) is 5.02 Å². The lowest BCUT2D eigenvalue weighted by atomic mass is 10.1. The van der Waals surface area contributed by atoms with Gasteiger partial charge in [0.15, 0.2) is 0 Å². The van der Waals surface area contributed by atoms with E-state index in [2.05, 4.69) is 4.74 Å². The van der Waals surface area contributed by atoms with Gasteiger partial charge in [0.1, 0.15) is 0 Å². The summed E-state index contributed by atoms with van der Waals surface area (Å²) in [6.07, 6.45) is -1.65. The number of ether oxygens (including phenoxy) is 1. The van der Waals surface area contributed by atoms with Gasteiger partial charge in [-0.05, 0) is 6.07 Å². The van der Waals surface area contributed by atoms with Crippen LogP contribution >= 0.6 is 11.6 Å². The first-order valence-electron chi connectivity index (χ1n) is 3.83. The van der Waals surface area contributed by atoms with Crippen LogP contribution in [0.5, 0.6) is 0 Å². The zero-order valence-electron chi connectivity index (χ0n) is 7.46. The molecule has 0 fully saturated rings. The van der Waals surface area contributed by atoms with Crippen LogP contribution in [-0.4, -0.2) is 13.0 Å². The van der Waals surface area contributed by atoms with E-state index in [9.17, 15) is 9.18 Å². The zero-order chi connectivity index (χ0) is 10.7. The van der Waals surface area contributed by atoms with Crippen molar-refractivity contribution in [2.24, 2.45) is 5.73 Å². The van der Waals surface area contributed by atoms with Crippen molar-refractivity contribution in [2.75, 3.05) is 7.11 Å². The summed E-state index contributed by atoms with van der Waals surface area (Å²) in [6.45, 7) is 0. The SMILES string of the molecule is COC(F)c1cccc(C(N)=O)c1Cl. The smallest absolute Gasteiger partial charge is 0.250 e. The molecule has 0 heterocycles. The van der Waals surface area contributed by atoms with E-state index in [0.717, 1.165) is 0 Å². The van der Waals surface area contributed by atoms with E-state index in [1.807, 2.05) is 0 Å². The topological polar surface area (TPSA) is 52.3 Å². The fraction of sp³-hybridized carbons (Fsp3) is 0.222. The number of primary amides is 1. The number of hydrogen-bond donors (Lipinski definition) is 1. The molecule has 1 rings (SSSR count). The fourth-order valence-corrected chi connectivity index (χ4v) is 1.35. The second-order valence-corrected chi connectivity index (χ2v) is 3.00. The molecule has 1 amide bonds. The Balaban J connectivity index is 3.20. The van der Waals surface area contributed by atoms with E-state index >= 15 is 0 Å². The molecule has 0 aliphatic heterocycles. The molecule has 1 atom stereocenters. The van der Waals surface area contributed by atoms with E-state index in [1.54, 1.807) is 0 Å². The molecule has 2 N–H and O–H groups in total. The van der Waals surface area contributed by atoms with Gasteiger partial charge in [-0.25, -0.2) is 4.39 Å². The normalized spacial score (nSPS) is 12.5. The van der Waals surface area contributed by atoms with E-state index in [-0.39, 0.29) is 16.1 Å². The molecule has 0 aromatic heterocycles. The molecule has 1 aromatic rings. The molecule has 5 heteroatoms. The Hall–Kier alpha value is -1.13. The summed E-state index contributed by atoms with van der Waals surface area (Å²) in [4.78, 5) is 10.9.